The van der Waals surface area contributed by atoms with Crippen molar-refractivity contribution in [1.82, 2.24) is 4.98 Å². The zero-order chi connectivity index (χ0) is 20.5. The fraction of sp³-hybridized carbons (Fsp3) is 0.278. The molecule has 1 aromatic carbocycles. The van der Waals surface area contributed by atoms with Gasteiger partial charge in [0.2, 0.25) is 5.78 Å². The summed E-state index contributed by atoms with van der Waals surface area (Å²) >= 11 is 11.5. The Kier molecular flexibility index (Phi) is 6.28. The van der Waals surface area contributed by atoms with Crippen LogP contribution in [0.3, 0.4) is 0 Å². The maximum absolute atomic E-state index is 13.6. The number of aryl methyl sites for hydroxylation is 1. The van der Waals surface area contributed by atoms with Crippen molar-refractivity contribution in [3.05, 3.63) is 56.1 Å². The van der Waals surface area contributed by atoms with Crippen LogP contribution in [0.2, 0.25) is 10.0 Å². The molecule has 0 radical (unpaired) electrons. The summed E-state index contributed by atoms with van der Waals surface area (Å²) < 4.78 is 23.4. The molecular weight excluding hydrogens is 400 g/mol. The number of carbonyl (C=O) groups excluding carboxylic acids is 3. The Morgan fingerprint density at radius 1 is 1.11 bits per heavy atom. The maximum atomic E-state index is 13.6. The molecule has 2 aromatic rings. The first kappa shape index (κ1) is 20.9. The van der Waals surface area contributed by atoms with Gasteiger partial charge in [-0.3, -0.25) is 4.79 Å². The largest absolute Gasteiger partial charge is 0.465 e. The van der Waals surface area contributed by atoms with Gasteiger partial charge in [-0.15, -0.1) is 0 Å². The van der Waals surface area contributed by atoms with Gasteiger partial charge in [-0.1, -0.05) is 23.2 Å². The number of H-pyrrole nitrogens is 1. The first-order valence-electron chi connectivity index (χ1n) is 7.75. The monoisotopic (exact) mass is 415 g/mol. The fourth-order valence-electron chi connectivity index (χ4n) is 2.56. The highest BCUT2D eigenvalue weighted by molar-refractivity contribution is 6.36. The predicted octanol–water partition coefficient (Wildman–Crippen LogP) is 4.29. The summed E-state index contributed by atoms with van der Waals surface area (Å²) in [5.41, 5.74) is 0.920. The molecule has 0 aliphatic carbocycles. The van der Waals surface area contributed by atoms with E-state index in [1.54, 1.807) is 13.8 Å². The van der Waals surface area contributed by atoms with Crippen LogP contribution in [0.15, 0.2) is 12.1 Å². The smallest absolute Gasteiger partial charge is 0.340 e. The molecular formula is C18H16Cl2FNO5. The highest BCUT2D eigenvalue weighted by Crippen LogP contribution is 2.26. The zero-order valence-corrected chi connectivity index (χ0v) is 16.4. The number of benzene rings is 1. The minimum absolute atomic E-state index is 0.106. The average Bonchev–Trinajstić information content (AvgIpc) is 2.90. The standard InChI is InChI=1S/C18H16Cl2FNO5/c1-7-14(18(25)26-4)8(2)22-15(7)16(23)9(3)27-17(24)10-5-13(21)12(20)6-11(10)19/h5-6,9,22H,1-4H3. The van der Waals surface area contributed by atoms with Crippen molar-refractivity contribution in [3.63, 3.8) is 0 Å². The number of aromatic amines is 1. The van der Waals surface area contributed by atoms with Gasteiger partial charge in [-0.05, 0) is 38.5 Å². The Bertz CT molecular complexity index is 938. The number of esters is 2. The molecule has 1 heterocycles. The molecule has 0 aliphatic heterocycles. The van der Waals surface area contributed by atoms with Crippen molar-refractivity contribution in [3.8, 4) is 0 Å². The van der Waals surface area contributed by atoms with Gasteiger partial charge >= 0.3 is 11.9 Å². The molecule has 6 nitrogen and oxygen atoms in total. The van der Waals surface area contributed by atoms with Crippen LogP contribution in [-0.4, -0.2) is 35.9 Å². The van der Waals surface area contributed by atoms with E-state index in [0.29, 0.717) is 11.3 Å². The molecule has 27 heavy (non-hydrogen) atoms. The number of methoxy groups -OCH3 is 1. The van der Waals surface area contributed by atoms with E-state index in [0.717, 1.165) is 12.1 Å². The highest BCUT2D eigenvalue weighted by atomic mass is 35.5. The normalized spacial score (nSPS) is 11.8. The highest BCUT2D eigenvalue weighted by Gasteiger charge is 2.28. The predicted molar refractivity (Wildman–Crippen MR) is 97.2 cm³/mol. The minimum atomic E-state index is -1.21. The fourth-order valence-corrected chi connectivity index (χ4v) is 3.02. The number of aromatic nitrogens is 1. The first-order valence-corrected chi connectivity index (χ1v) is 8.51. The summed E-state index contributed by atoms with van der Waals surface area (Å²) in [4.78, 5) is 39.5. The Labute approximate surface area is 164 Å². The van der Waals surface area contributed by atoms with Crippen LogP contribution >= 0.6 is 23.2 Å². The van der Waals surface area contributed by atoms with Crippen molar-refractivity contribution < 1.29 is 28.2 Å². The third-order valence-corrected chi connectivity index (χ3v) is 4.56. The van der Waals surface area contributed by atoms with Crippen LogP contribution in [-0.2, 0) is 9.47 Å². The summed E-state index contributed by atoms with van der Waals surface area (Å²) in [5, 5.41) is -0.348. The maximum Gasteiger partial charge on any atom is 0.340 e. The molecule has 0 aliphatic rings. The number of rotatable bonds is 5. The van der Waals surface area contributed by atoms with Crippen molar-refractivity contribution in [2.75, 3.05) is 7.11 Å². The lowest BCUT2D eigenvalue weighted by atomic mass is 10.1. The molecule has 144 valence electrons. The second-order valence-electron chi connectivity index (χ2n) is 5.77. The van der Waals surface area contributed by atoms with Gasteiger partial charge in [-0.25, -0.2) is 14.0 Å². The summed E-state index contributed by atoms with van der Waals surface area (Å²) in [5.74, 6) is -2.98. The van der Waals surface area contributed by atoms with Gasteiger partial charge in [-0.2, -0.15) is 0 Å². The number of Topliss-reactive ketones (excluding diaryl/α,β-unsaturated/α-hetero) is 1. The van der Waals surface area contributed by atoms with Crippen LogP contribution in [0.1, 0.15) is 49.4 Å². The van der Waals surface area contributed by atoms with Gasteiger partial charge in [0.05, 0.1) is 34.0 Å². The Morgan fingerprint density at radius 3 is 2.33 bits per heavy atom. The Balaban J connectivity index is 2.25. The molecule has 2 rings (SSSR count). The van der Waals surface area contributed by atoms with Crippen LogP contribution < -0.4 is 0 Å². The second kappa shape index (κ2) is 8.10. The van der Waals surface area contributed by atoms with E-state index >= 15 is 0 Å². The van der Waals surface area contributed by atoms with E-state index in [4.69, 9.17) is 32.7 Å². The van der Waals surface area contributed by atoms with E-state index < -0.39 is 29.6 Å². The van der Waals surface area contributed by atoms with Gasteiger partial charge in [0.15, 0.2) is 6.10 Å². The molecule has 9 heteroatoms. The number of nitrogens with one attached hydrogen (secondary N) is 1. The van der Waals surface area contributed by atoms with E-state index in [1.807, 2.05) is 0 Å². The summed E-state index contributed by atoms with van der Waals surface area (Å²) in [6, 6.07) is 1.91. The Morgan fingerprint density at radius 2 is 1.74 bits per heavy atom. The summed E-state index contributed by atoms with van der Waals surface area (Å²) in [6.45, 7) is 4.54. The van der Waals surface area contributed by atoms with Crippen molar-refractivity contribution in [2.45, 2.75) is 26.9 Å². The topological polar surface area (TPSA) is 85.5 Å². The number of ketones is 1. The van der Waals surface area contributed by atoms with Crippen LogP contribution in [0.5, 0.6) is 0 Å². The minimum Gasteiger partial charge on any atom is -0.465 e. The lowest BCUT2D eigenvalue weighted by Crippen LogP contribution is -2.25. The number of hydrogen-bond donors (Lipinski definition) is 1. The van der Waals surface area contributed by atoms with Gasteiger partial charge in [0, 0.05) is 5.69 Å². The van der Waals surface area contributed by atoms with Crippen LogP contribution in [0.25, 0.3) is 0 Å². The second-order valence-corrected chi connectivity index (χ2v) is 6.59. The van der Waals surface area contributed by atoms with Gasteiger partial charge in [0.1, 0.15) is 5.82 Å². The third kappa shape index (κ3) is 4.14. The van der Waals surface area contributed by atoms with E-state index in [1.165, 1.54) is 14.0 Å². The van der Waals surface area contributed by atoms with Crippen LogP contribution in [0, 0.1) is 19.7 Å². The molecule has 1 unspecified atom stereocenters. The molecule has 1 aromatic heterocycles. The quantitative estimate of drug-likeness (QED) is 0.447. The van der Waals surface area contributed by atoms with Gasteiger partial charge in [0.25, 0.3) is 0 Å². The lowest BCUT2D eigenvalue weighted by Gasteiger charge is -2.13. The summed E-state index contributed by atoms with van der Waals surface area (Å²) in [7, 11) is 1.23. The molecule has 0 fully saturated rings. The van der Waals surface area contributed by atoms with Crippen molar-refractivity contribution >= 4 is 40.9 Å². The number of halogens is 3. The van der Waals surface area contributed by atoms with Crippen molar-refractivity contribution in [1.29, 1.82) is 0 Å². The lowest BCUT2D eigenvalue weighted by molar-refractivity contribution is 0.0316. The van der Waals surface area contributed by atoms with Crippen molar-refractivity contribution in [2.24, 2.45) is 0 Å². The number of hydrogen-bond acceptors (Lipinski definition) is 5. The third-order valence-electron chi connectivity index (χ3n) is 3.96. The first-order chi connectivity index (χ1) is 12.6. The molecule has 0 spiro atoms. The SMILES string of the molecule is COC(=O)c1c(C)[nH]c(C(=O)C(C)OC(=O)c2cc(F)c(Cl)cc2Cl)c1C. The zero-order valence-electron chi connectivity index (χ0n) is 14.9. The van der Waals surface area contributed by atoms with Crippen LogP contribution in [0.4, 0.5) is 4.39 Å². The van der Waals surface area contributed by atoms with E-state index in [-0.39, 0.29) is 26.9 Å². The molecule has 0 bridgehead atoms. The molecule has 1 atom stereocenters. The molecule has 1 N–H and O–H groups in total. The molecule has 0 amide bonds. The van der Waals surface area contributed by atoms with E-state index in [2.05, 4.69) is 4.98 Å². The van der Waals surface area contributed by atoms with E-state index in [9.17, 15) is 18.8 Å². The average molecular weight is 416 g/mol. The molecule has 0 saturated carbocycles. The Hall–Kier alpha value is -2.38. The van der Waals surface area contributed by atoms with Gasteiger partial charge < -0.3 is 14.5 Å². The molecule has 0 saturated heterocycles. The number of ether oxygens (including phenoxy) is 2. The summed E-state index contributed by atoms with van der Waals surface area (Å²) in [6.07, 6.45) is -1.21. The number of carbonyl (C=O) groups is 3.